The Bertz CT molecular complexity index is 964. The third-order valence-corrected chi connectivity index (χ3v) is 8.79. The summed E-state index contributed by atoms with van der Waals surface area (Å²) in [5, 5.41) is 2.00. The van der Waals surface area contributed by atoms with Gasteiger partial charge in [0, 0.05) is 36.6 Å². The van der Waals surface area contributed by atoms with Crippen LogP contribution in [0.3, 0.4) is 0 Å². The van der Waals surface area contributed by atoms with E-state index < -0.39 is 10.0 Å². The van der Waals surface area contributed by atoms with Crippen LogP contribution in [-0.2, 0) is 27.8 Å². The largest absolute Gasteiger partial charge is 0.312 e. The quantitative estimate of drug-likeness (QED) is 0.695. The first-order valence-electron chi connectivity index (χ1n) is 10.4. The fourth-order valence-corrected chi connectivity index (χ4v) is 7.03. The normalized spacial score (nSPS) is 18.1. The highest BCUT2D eigenvalue weighted by atomic mass is 32.2. The van der Waals surface area contributed by atoms with E-state index in [1.54, 1.807) is 39.6 Å². The second-order valence-corrected chi connectivity index (χ2v) is 10.9. The van der Waals surface area contributed by atoms with Gasteiger partial charge in [-0.1, -0.05) is 25.3 Å². The van der Waals surface area contributed by atoms with Gasteiger partial charge in [-0.25, -0.2) is 8.42 Å². The molecule has 4 rings (SSSR count). The van der Waals surface area contributed by atoms with E-state index in [0.717, 1.165) is 54.7 Å². The van der Waals surface area contributed by atoms with Crippen molar-refractivity contribution in [2.75, 3.05) is 11.4 Å². The minimum Gasteiger partial charge on any atom is -0.312 e. The lowest BCUT2D eigenvalue weighted by atomic mass is 9.95. The van der Waals surface area contributed by atoms with Crippen molar-refractivity contribution in [2.45, 2.75) is 69.4 Å². The highest BCUT2D eigenvalue weighted by Gasteiger charge is 2.33. The molecule has 0 spiro atoms. The summed E-state index contributed by atoms with van der Waals surface area (Å²) in [7, 11) is -3.61. The number of sulfonamides is 1. The molecule has 2 aromatic rings. The second-order valence-electron chi connectivity index (χ2n) is 7.99. The second kappa shape index (κ2) is 8.58. The van der Waals surface area contributed by atoms with Crippen molar-refractivity contribution in [1.29, 1.82) is 0 Å². The number of anilines is 1. The van der Waals surface area contributed by atoms with Crippen molar-refractivity contribution in [1.82, 2.24) is 4.31 Å². The molecule has 0 atom stereocenters. The molecule has 0 N–H and O–H groups in total. The molecule has 1 aliphatic carbocycles. The number of hydrogen-bond acceptors (Lipinski definition) is 4. The summed E-state index contributed by atoms with van der Waals surface area (Å²) >= 11 is 1.60. The first-order chi connectivity index (χ1) is 14.0. The maximum atomic E-state index is 13.7. The van der Waals surface area contributed by atoms with Crippen LogP contribution in [0.2, 0.25) is 0 Å². The molecule has 0 saturated heterocycles. The summed E-state index contributed by atoms with van der Waals surface area (Å²) in [5.74, 6) is 0.00286. The molecule has 0 unspecified atom stereocenters. The Hall–Kier alpha value is -1.70. The van der Waals surface area contributed by atoms with Crippen LogP contribution in [0.25, 0.3) is 0 Å². The zero-order valence-electron chi connectivity index (χ0n) is 16.8. The zero-order valence-corrected chi connectivity index (χ0v) is 18.5. The van der Waals surface area contributed by atoms with E-state index in [0.29, 0.717) is 18.0 Å². The van der Waals surface area contributed by atoms with E-state index in [1.165, 1.54) is 6.42 Å². The molecule has 7 heteroatoms. The van der Waals surface area contributed by atoms with Crippen LogP contribution in [-0.4, -0.2) is 31.2 Å². The number of nitrogens with zero attached hydrogens (tertiary/aromatic N) is 2. The van der Waals surface area contributed by atoms with Crippen LogP contribution in [0.15, 0.2) is 40.6 Å². The number of carbonyl (C=O) groups excluding carboxylic acids is 1. The summed E-state index contributed by atoms with van der Waals surface area (Å²) in [4.78, 5) is 15.1. The molecule has 2 heterocycles. The molecule has 1 aromatic heterocycles. The van der Waals surface area contributed by atoms with Gasteiger partial charge in [0.2, 0.25) is 15.9 Å². The number of rotatable bonds is 5. The SMILES string of the molecule is CC(=O)N1CCCc2cc(S(=O)(=O)N(Cc3cccs3)C3CCCCC3)ccc21. The number of aryl methyl sites for hydroxylation is 1. The lowest BCUT2D eigenvalue weighted by Crippen LogP contribution is -2.41. The Morgan fingerprint density at radius 1 is 1.17 bits per heavy atom. The maximum Gasteiger partial charge on any atom is 0.243 e. The molecule has 0 bridgehead atoms. The molecule has 1 fully saturated rings. The summed E-state index contributed by atoms with van der Waals surface area (Å²) < 4.78 is 29.1. The summed E-state index contributed by atoms with van der Waals surface area (Å²) in [5.41, 5.74) is 1.80. The molecular formula is C22H28N2O3S2. The Labute approximate surface area is 177 Å². The van der Waals surface area contributed by atoms with E-state index in [4.69, 9.17) is 0 Å². The number of hydrogen-bond donors (Lipinski definition) is 0. The van der Waals surface area contributed by atoms with Crippen molar-refractivity contribution in [2.24, 2.45) is 0 Å². The van der Waals surface area contributed by atoms with Crippen molar-refractivity contribution in [3.05, 3.63) is 46.2 Å². The highest BCUT2D eigenvalue weighted by Crippen LogP contribution is 2.34. The van der Waals surface area contributed by atoms with Gasteiger partial charge in [-0.2, -0.15) is 4.31 Å². The van der Waals surface area contributed by atoms with Crippen LogP contribution < -0.4 is 4.90 Å². The summed E-state index contributed by atoms with van der Waals surface area (Å²) in [6, 6.07) is 9.33. The van der Waals surface area contributed by atoms with Gasteiger partial charge in [0.05, 0.1) is 4.90 Å². The van der Waals surface area contributed by atoms with E-state index in [9.17, 15) is 13.2 Å². The molecule has 1 saturated carbocycles. The third kappa shape index (κ3) is 4.27. The van der Waals surface area contributed by atoms with Crippen molar-refractivity contribution in [3.8, 4) is 0 Å². The van der Waals surface area contributed by atoms with Gasteiger partial charge in [-0.3, -0.25) is 4.79 Å². The van der Waals surface area contributed by atoms with Crippen molar-refractivity contribution < 1.29 is 13.2 Å². The Morgan fingerprint density at radius 2 is 1.97 bits per heavy atom. The molecule has 1 aromatic carbocycles. The lowest BCUT2D eigenvalue weighted by Gasteiger charge is -2.34. The van der Waals surface area contributed by atoms with Crippen molar-refractivity contribution in [3.63, 3.8) is 0 Å². The zero-order chi connectivity index (χ0) is 20.4. The molecule has 156 valence electrons. The van der Waals surface area contributed by atoms with E-state index in [1.807, 2.05) is 23.6 Å². The average molecular weight is 433 g/mol. The van der Waals surface area contributed by atoms with Crippen LogP contribution >= 0.6 is 11.3 Å². The minimum absolute atomic E-state index is 0.00286. The van der Waals surface area contributed by atoms with Gasteiger partial charge >= 0.3 is 0 Å². The molecule has 29 heavy (non-hydrogen) atoms. The first kappa shape index (κ1) is 20.6. The predicted octanol–water partition coefficient (Wildman–Crippen LogP) is 4.57. The van der Waals surface area contributed by atoms with Gasteiger partial charge < -0.3 is 4.90 Å². The van der Waals surface area contributed by atoms with Crippen LogP contribution in [0.4, 0.5) is 5.69 Å². The van der Waals surface area contributed by atoms with E-state index in [2.05, 4.69) is 0 Å². The fraction of sp³-hybridized carbons (Fsp3) is 0.500. The molecule has 0 radical (unpaired) electrons. The van der Waals surface area contributed by atoms with Gasteiger partial charge in [0.15, 0.2) is 0 Å². The summed E-state index contributed by atoms with van der Waals surface area (Å²) in [6.07, 6.45) is 6.86. The van der Waals surface area contributed by atoms with Gasteiger partial charge in [0.25, 0.3) is 0 Å². The number of benzene rings is 1. The molecule has 1 aliphatic heterocycles. The van der Waals surface area contributed by atoms with E-state index >= 15 is 0 Å². The monoisotopic (exact) mass is 432 g/mol. The number of carbonyl (C=O) groups is 1. The van der Waals surface area contributed by atoms with Gasteiger partial charge in [-0.15, -0.1) is 11.3 Å². The Balaban J connectivity index is 1.69. The van der Waals surface area contributed by atoms with Gasteiger partial charge in [-0.05, 0) is 60.9 Å². The smallest absolute Gasteiger partial charge is 0.243 e. The van der Waals surface area contributed by atoms with Crippen LogP contribution in [0, 0.1) is 0 Å². The van der Waals surface area contributed by atoms with E-state index in [-0.39, 0.29) is 11.9 Å². The standard InChI is InChI=1S/C22H28N2O3S2/c1-17(25)23-13-5-7-18-15-21(11-12-22(18)23)29(26,27)24(16-20-10-6-14-28-20)19-8-3-2-4-9-19/h6,10-12,14-15,19H,2-5,7-9,13,16H2,1H3. The minimum atomic E-state index is -3.61. The predicted molar refractivity (Wildman–Crippen MR) is 117 cm³/mol. The molecule has 5 nitrogen and oxygen atoms in total. The number of fused-ring (bicyclic) bond motifs is 1. The fourth-order valence-electron chi connectivity index (χ4n) is 4.53. The molecule has 2 aliphatic rings. The average Bonchev–Trinajstić information content (AvgIpc) is 3.25. The van der Waals surface area contributed by atoms with Gasteiger partial charge in [0.1, 0.15) is 0 Å². The van der Waals surface area contributed by atoms with Crippen LogP contribution in [0.1, 0.15) is 55.9 Å². The molecule has 1 amide bonds. The molecular weight excluding hydrogens is 404 g/mol. The maximum absolute atomic E-state index is 13.7. The van der Waals surface area contributed by atoms with Crippen LogP contribution in [0.5, 0.6) is 0 Å². The van der Waals surface area contributed by atoms with Crippen molar-refractivity contribution >= 4 is 33.0 Å². The number of thiophene rings is 1. The highest BCUT2D eigenvalue weighted by molar-refractivity contribution is 7.89. The topological polar surface area (TPSA) is 57.7 Å². The lowest BCUT2D eigenvalue weighted by molar-refractivity contribution is -0.116. The summed E-state index contributed by atoms with van der Waals surface area (Å²) in [6.45, 7) is 2.69. The number of amides is 1. The first-order valence-corrected chi connectivity index (χ1v) is 12.7. The Kier molecular flexibility index (Phi) is 6.08. The Morgan fingerprint density at radius 3 is 2.66 bits per heavy atom. The third-order valence-electron chi connectivity index (χ3n) is 6.03.